The Labute approximate surface area is 165 Å². The lowest BCUT2D eigenvalue weighted by atomic mass is 10.1. The molecule has 3 aromatic rings. The summed E-state index contributed by atoms with van der Waals surface area (Å²) in [6.07, 6.45) is 0.363. The van der Waals surface area contributed by atoms with E-state index in [1.165, 1.54) is 11.3 Å². The molecule has 6 nitrogen and oxygen atoms in total. The van der Waals surface area contributed by atoms with E-state index in [0.717, 1.165) is 27.5 Å². The van der Waals surface area contributed by atoms with Gasteiger partial charge in [-0.05, 0) is 54.4 Å². The third kappa shape index (κ3) is 4.05. The monoisotopic (exact) mass is 403 g/mol. The molecule has 0 radical (unpaired) electrons. The second kappa shape index (κ2) is 7.96. The van der Waals surface area contributed by atoms with E-state index in [4.69, 9.17) is 28.2 Å². The van der Waals surface area contributed by atoms with Gasteiger partial charge in [0.05, 0.1) is 27.0 Å². The Morgan fingerprint density at radius 2 is 1.93 bits per heavy atom. The summed E-state index contributed by atoms with van der Waals surface area (Å²) < 4.78 is 2.63. The number of carbonyl (C=O) groups is 2. The van der Waals surface area contributed by atoms with Crippen molar-refractivity contribution in [3.8, 4) is 16.3 Å². The van der Waals surface area contributed by atoms with Crippen molar-refractivity contribution in [3.63, 3.8) is 0 Å². The number of nitrogens with zero attached hydrogens (tertiary/aromatic N) is 1. The van der Waals surface area contributed by atoms with Crippen LogP contribution in [-0.4, -0.2) is 21.6 Å². The molecule has 0 aliphatic rings. The first kappa shape index (κ1) is 19.2. The predicted octanol–water partition coefficient (Wildman–Crippen LogP) is 3.43. The van der Waals surface area contributed by atoms with Gasteiger partial charge in [-0.2, -0.15) is 0 Å². The van der Waals surface area contributed by atoms with Gasteiger partial charge >= 0.3 is 5.97 Å². The first-order chi connectivity index (χ1) is 12.9. The second-order valence-corrected chi connectivity index (χ2v) is 7.67. The highest BCUT2D eigenvalue weighted by Gasteiger charge is 2.17. The molecule has 0 spiro atoms. The van der Waals surface area contributed by atoms with Crippen molar-refractivity contribution in [2.45, 2.75) is 19.4 Å². The number of rotatable bonds is 7. The highest BCUT2D eigenvalue weighted by atomic mass is 35.5. The molecule has 0 saturated heterocycles. The van der Waals surface area contributed by atoms with Crippen molar-refractivity contribution < 1.29 is 14.7 Å². The Morgan fingerprint density at radius 1 is 1.15 bits per heavy atom. The molecule has 0 bridgehead atoms. The van der Waals surface area contributed by atoms with Crippen LogP contribution in [0.2, 0.25) is 4.34 Å². The van der Waals surface area contributed by atoms with Gasteiger partial charge in [0.1, 0.15) is 0 Å². The Morgan fingerprint density at radius 3 is 2.52 bits per heavy atom. The van der Waals surface area contributed by atoms with Crippen LogP contribution in [0.25, 0.3) is 16.3 Å². The van der Waals surface area contributed by atoms with E-state index in [0.29, 0.717) is 16.3 Å². The topological polar surface area (TPSA) is 111 Å². The lowest BCUT2D eigenvalue weighted by Crippen LogP contribution is -2.14. The third-order valence-corrected chi connectivity index (χ3v) is 5.46. The quantitative estimate of drug-likeness (QED) is 0.561. The number of aryl methyl sites for hydroxylation is 1. The molecule has 8 heteroatoms. The van der Waals surface area contributed by atoms with Gasteiger partial charge < -0.3 is 21.1 Å². The highest BCUT2D eigenvalue weighted by molar-refractivity contribution is 7.19. The van der Waals surface area contributed by atoms with E-state index >= 15 is 0 Å². The number of hydrogen-bond acceptors (Lipinski definition) is 4. The van der Waals surface area contributed by atoms with Crippen LogP contribution in [0.4, 0.5) is 0 Å². The van der Waals surface area contributed by atoms with Crippen molar-refractivity contribution in [2.75, 3.05) is 0 Å². The van der Waals surface area contributed by atoms with E-state index in [1.807, 2.05) is 28.8 Å². The summed E-state index contributed by atoms with van der Waals surface area (Å²) in [5, 5.41) is 9.07. The van der Waals surface area contributed by atoms with Crippen LogP contribution in [0, 0.1) is 0 Å². The Balaban J connectivity index is 2.18. The lowest BCUT2D eigenvalue weighted by molar-refractivity contribution is -0.136. The van der Waals surface area contributed by atoms with Gasteiger partial charge in [-0.25, -0.2) is 0 Å². The Hall–Kier alpha value is -2.61. The fourth-order valence-corrected chi connectivity index (χ4v) is 4.02. The lowest BCUT2D eigenvalue weighted by Gasteiger charge is -2.17. The molecule has 27 heavy (non-hydrogen) atoms. The van der Waals surface area contributed by atoms with Crippen LogP contribution in [0.5, 0.6) is 0 Å². The predicted molar refractivity (Wildman–Crippen MR) is 106 cm³/mol. The number of aliphatic carboxylic acids is 1. The normalized spacial score (nSPS) is 10.9. The van der Waals surface area contributed by atoms with Gasteiger partial charge in [0, 0.05) is 17.8 Å². The fourth-order valence-electron chi connectivity index (χ4n) is 2.96. The van der Waals surface area contributed by atoms with Crippen LogP contribution >= 0.6 is 22.9 Å². The van der Waals surface area contributed by atoms with Crippen LogP contribution in [0.3, 0.4) is 0 Å². The van der Waals surface area contributed by atoms with Crippen LogP contribution in [0.1, 0.15) is 28.0 Å². The second-order valence-electron chi connectivity index (χ2n) is 5.95. The number of benzene rings is 1. The molecule has 0 aliphatic carbocycles. The van der Waals surface area contributed by atoms with E-state index in [-0.39, 0.29) is 13.0 Å². The minimum Gasteiger partial charge on any atom is -0.481 e. The minimum absolute atomic E-state index is 0.00593. The van der Waals surface area contributed by atoms with E-state index in [2.05, 4.69) is 0 Å². The zero-order chi connectivity index (χ0) is 19.6. The maximum absolute atomic E-state index is 11.5. The largest absolute Gasteiger partial charge is 0.481 e. The Kier molecular flexibility index (Phi) is 5.65. The summed E-state index contributed by atoms with van der Waals surface area (Å²) in [4.78, 5) is 23.5. The maximum atomic E-state index is 11.5. The van der Waals surface area contributed by atoms with Gasteiger partial charge in [-0.15, -0.1) is 11.3 Å². The number of halogens is 1. The SMILES string of the molecule is NCc1cc(C(N)=O)ccc1-n1c(CCC(=O)O)ccc1-c1ccc(Cl)s1. The number of carboxylic acids is 1. The fraction of sp³-hybridized carbons (Fsp3) is 0.158. The molecule has 5 N–H and O–H groups in total. The minimum atomic E-state index is -0.869. The summed E-state index contributed by atoms with van der Waals surface area (Å²) in [5.41, 5.74) is 14.9. The number of thiophene rings is 1. The number of amides is 1. The average Bonchev–Trinajstić information content (AvgIpc) is 3.25. The summed E-state index contributed by atoms with van der Waals surface area (Å²) in [7, 11) is 0. The summed E-state index contributed by atoms with van der Waals surface area (Å²) in [6.45, 7) is 0.206. The van der Waals surface area contributed by atoms with Gasteiger partial charge in [-0.3, -0.25) is 9.59 Å². The molecule has 1 amide bonds. The van der Waals surface area contributed by atoms with Crippen molar-refractivity contribution in [3.05, 3.63) is 63.6 Å². The molecule has 0 atom stereocenters. The molecule has 2 heterocycles. The number of hydrogen-bond donors (Lipinski definition) is 3. The van der Waals surface area contributed by atoms with Crippen LogP contribution in [0.15, 0.2) is 42.5 Å². The first-order valence-corrected chi connectivity index (χ1v) is 9.41. The average molecular weight is 404 g/mol. The number of carboxylic acid groups (broad SMARTS) is 1. The molecular formula is C19H18ClN3O3S. The zero-order valence-electron chi connectivity index (χ0n) is 14.3. The highest BCUT2D eigenvalue weighted by Crippen LogP contribution is 2.35. The van der Waals surface area contributed by atoms with E-state index in [9.17, 15) is 9.59 Å². The molecule has 0 fully saturated rings. The van der Waals surface area contributed by atoms with Crippen molar-refractivity contribution in [2.24, 2.45) is 11.5 Å². The van der Waals surface area contributed by atoms with E-state index < -0.39 is 11.9 Å². The molecule has 140 valence electrons. The van der Waals surface area contributed by atoms with Gasteiger partial charge in [0.2, 0.25) is 5.91 Å². The molecular weight excluding hydrogens is 386 g/mol. The molecule has 0 unspecified atom stereocenters. The maximum Gasteiger partial charge on any atom is 0.303 e. The first-order valence-electron chi connectivity index (χ1n) is 8.22. The van der Waals surface area contributed by atoms with Crippen molar-refractivity contribution >= 4 is 34.8 Å². The zero-order valence-corrected chi connectivity index (χ0v) is 15.9. The molecule has 0 aliphatic heterocycles. The van der Waals surface area contributed by atoms with Crippen molar-refractivity contribution in [1.82, 2.24) is 4.57 Å². The van der Waals surface area contributed by atoms with Crippen molar-refractivity contribution in [1.29, 1.82) is 0 Å². The number of aromatic nitrogens is 1. The van der Waals surface area contributed by atoms with Crippen LogP contribution < -0.4 is 11.5 Å². The molecule has 2 aromatic heterocycles. The van der Waals surface area contributed by atoms with E-state index in [1.54, 1.807) is 18.2 Å². The number of nitrogens with two attached hydrogens (primary N) is 2. The number of primary amides is 1. The molecule has 0 saturated carbocycles. The van der Waals surface area contributed by atoms with Gasteiger partial charge in [-0.1, -0.05) is 11.6 Å². The third-order valence-electron chi connectivity index (χ3n) is 4.21. The summed E-state index contributed by atoms with van der Waals surface area (Å²) in [6, 6.07) is 12.7. The molecule has 1 aromatic carbocycles. The number of carbonyl (C=O) groups excluding carboxylic acids is 1. The standard InChI is InChI=1S/C19H18ClN3O3S/c20-17-7-6-16(27-17)15-5-2-13(3-8-18(24)25)23(15)14-4-1-11(19(22)26)9-12(14)10-21/h1-2,4-7,9H,3,8,10,21H2,(H2,22,26)(H,24,25). The van der Waals surface area contributed by atoms with Gasteiger partial charge in [0.15, 0.2) is 0 Å². The smallest absolute Gasteiger partial charge is 0.303 e. The summed E-state index contributed by atoms with van der Waals surface area (Å²) in [5.74, 6) is -1.40. The summed E-state index contributed by atoms with van der Waals surface area (Å²) >= 11 is 7.52. The Bertz CT molecular complexity index is 1010. The van der Waals surface area contributed by atoms with Gasteiger partial charge in [0.25, 0.3) is 0 Å². The van der Waals surface area contributed by atoms with Crippen LogP contribution in [-0.2, 0) is 17.8 Å². The molecule has 3 rings (SSSR count).